The Morgan fingerprint density at radius 1 is 0.781 bits per heavy atom. The number of hydrogen-bond acceptors (Lipinski definition) is 2. The molecule has 2 atom stereocenters. The average molecular weight is 433 g/mol. The van der Waals surface area contributed by atoms with E-state index in [2.05, 4.69) is 48.7 Å². The molecule has 32 heavy (non-hydrogen) atoms. The van der Waals surface area contributed by atoms with E-state index in [0.29, 0.717) is 11.8 Å². The van der Waals surface area contributed by atoms with Crippen molar-refractivity contribution in [3.63, 3.8) is 0 Å². The third kappa shape index (κ3) is 5.67. The number of benzene rings is 2. The van der Waals surface area contributed by atoms with Gasteiger partial charge in [-0.05, 0) is 66.1 Å². The number of hydrogen-bond donors (Lipinski definition) is 2. The van der Waals surface area contributed by atoms with Crippen LogP contribution in [0.2, 0.25) is 0 Å². The Balaban J connectivity index is 1.96. The zero-order valence-electron chi connectivity index (χ0n) is 19.8. The highest BCUT2D eigenvalue weighted by Gasteiger charge is 2.40. The van der Waals surface area contributed by atoms with Crippen molar-refractivity contribution in [1.82, 2.24) is 0 Å². The van der Waals surface area contributed by atoms with Gasteiger partial charge in [0.15, 0.2) is 0 Å². The second-order valence-corrected chi connectivity index (χ2v) is 8.83. The first-order valence-corrected chi connectivity index (χ1v) is 11.9. The molecule has 1 aliphatic carbocycles. The Labute approximate surface area is 192 Å². The zero-order valence-corrected chi connectivity index (χ0v) is 19.8. The fourth-order valence-corrected chi connectivity index (χ4v) is 4.86. The minimum absolute atomic E-state index is 0.0456. The molecule has 170 valence electrons. The Kier molecular flexibility index (Phi) is 8.26. The number of rotatable bonds is 10. The summed E-state index contributed by atoms with van der Waals surface area (Å²) < 4.78 is 0. The highest BCUT2D eigenvalue weighted by Crippen LogP contribution is 2.56. The molecule has 2 aromatic carbocycles. The summed E-state index contributed by atoms with van der Waals surface area (Å²) in [7, 11) is 0. The first-order valence-electron chi connectivity index (χ1n) is 11.9. The van der Waals surface area contributed by atoms with Gasteiger partial charge in [0.2, 0.25) is 11.8 Å². The molecule has 3 rings (SSSR count). The van der Waals surface area contributed by atoms with Crippen molar-refractivity contribution in [2.24, 2.45) is 5.92 Å². The fraction of sp³-hybridized carbons (Fsp3) is 0.429. The minimum Gasteiger partial charge on any atom is -0.326 e. The lowest BCUT2D eigenvalue weighted by Crippen LogP contribution is -2.29. The van der Waals surface area contributed by atoms with E-state index in [4.69, 9.17) is 0 Å². The number of nitrogens with one attached hydrogen (secondary N) is 2. The van der Waals surface area contributed by atoms with Crippen molar-refractivity contribution in [3.05, 3.63) is 65.2 Å². The van der Waals surface area contributed by atoms with Gasteiger partial charge in [-0.25, -0.2) is 0 Å². The second-order valence-electron chi connectivity index (χ2n) is 8.83. The molecule has 0 aliphatic heterocycles. The molecule has 4 nitrogen and oxygen atoms in total. The van der Waals surface area contributed by atoms with Gasteiger partial charge in [0.05, 0.1) is 0 Å². The monoisotopic (exact) mass is 432 g/mol. The number of allylic oxidation sites excluding steroid dienone is 2. The normalized spacial score (nSPS) is 17.6. The molecule has 4 heteroatoms. The maximum absolute atomic E-state index is 11.4. The van der Waals surface area contributed by atoms with Crippen molar-refractivity contribution < 1.29 is 9.59 Å². The van der Waals surface area contributed by atoms with Gasteiger partial charge in [-0.2, -0.15) is 0 Å². The molecule has 2 aromatic rings. The van der Waals surface area contributed by atoms with Crippen molar-refractivity contribution in [1.29, 1.82) is 0 Å². The molecule has 0 saturated carbocycles. The van der Waals surface area contributed by atoms with Crippen LogP contribution in [0, 0.1) is 5.92 Å². The zero-order chi connectivity index (χ0) is 23.1. The molecule has 0 fully saturated rings. The largest absolute Gasteiger partial charge is 0.326 e. The lowest BCUT2D eigenvalue weighted by atomic mass is 9.60. The van der Waals surface area contributed by atoms with E-state index < -0.39 is 0 Å². The lowest BCUT2D eigenvalue weighted by molar-refractivity contribution is -0.115. The van der Waals surface area contributed by atoms with Crippen LogP contribution in [0.4, 0.5) is 11.4 Å². The average Bonchev–Trinajstić information content (AvgIpc) is 2.74. The van der Waals surface area contributed by atoms with Crippen molar-refractivity contribution in [2.75, 3.05) is 10.6 Å². The van der Waals surface area contributed by atoms with E-state index in [1.54, 1.807) is 5.57 Å². The molecule has 2 amide bonds. The van der Waals surface area contributed by atoms with Crippen molar-refractivity contribution in [3.8, 4) is 0 Å². The highest BCUT2D eigenvalue weighted by atomic mass is 16.2. The molecule has 0 aromatic heterocycles. The Morgan fingerprint density at radius 3 is 1.81 bits per heavy atom. The van der Waals surface area contributed by atoms with Gasteiger partial charge in [0.25, 0.3) is 0 Å². The van der Waals surface area contributed by atoms with Crippen LogP contribution in [0.3, 0.4) is 0 Å². The Bertz CT molecular complexity index is 958. The maximum atomic E-state index is 11.4. The number of carbonyl (C=O) groups is 2. The number of amides is 2. The Morgan fingerprint density at radius 2 is 1.31 bits per heavy atom. The first kappa shape index (κ1) is 23.8. The first-order chi connectivity index (χ1) is 15.4. The van der Waals surface area contributed by atoms with Crippen LogP contribution in [0.25, 0.3) is 5.57 Å². The van der Waals surface area contributed by atoms with E-state index >= 15 is 0 Å². The summed E-state index contributed by atoms with van der Waals surface area (Å²) in [4.78, 5) is 22.8. The standard InChI is InChI=1S/C28H36N2O2/c1-5-7-9-25-27(21-11-15-23(16-12-21)29-19(3)31)26(10-8-6-2)28(25)22-13-17-24(18-14-22)30-20(4)32/h11-18,25,27H,5-10H2,1-4H3,(H,29,31)(H,30,32)/t25-,27-/m0/s1. The molecule has 0 unspecified atom stereocenters. The van der Waals surface area contributed by atoms with E-state index in [-0.39, 0.29) is 11.8 Å². The summed E-state index contributed by atoms with van der Waals surface area (Å²) in [5, 5.41) is 5.74. The van der Waals surface area contributed by atoms with Crippen LogP contribution in [0.1, 0.15) is 83.3 Å². The van der Waals surface area contributed by atoms with Crippen LogP contribution in [-0.2, 0) is 9.59 Å². The van der Waals surface area contributed by atoms with E-state index in [1.165, 1.54) is 62.7 Å². The topological polar surface area (TPSA) is 58.2 Å². The van der Waals surface area contributed by atoms with Gasteiger partial charge in [0, 0.05) is 31.1 Å². The quantitative estimate of drug-likeness (QED) is 0.419. The summed E-state index contributed by atoms with van der Waals surface area (Å²) in [6, 6.07) is 16.7. The molecule has 2 N–H and O–H groups in total. The van der Waals surface area contributed by atoms with Crippen molar-refractivity contribution in [2.45, 2.75) is 72.1 Å². The molecule has 0 radical (unpaired) electrons. The van der Waals surface area contributed by atoms with Crippen molar-refractivity contribution >= 4 is 28.8 Å². The molecule has 0 spiro atoms. The second kappa shape index (κ2) is 11.1. The SMILES string of the molecule is CCCCC1=C(c2ccc(NC(C)=O)cc2)[C@@H](CCCC)[C@@H]1c1ccc(NC(C)=O)cc1. The third-order valence-electron chi connectivity index (χ3n) is 6.27. The highest BCUT2D eigenvalue weighted by molar-refractivity contribution is 5.90. The van der Waals surface area contributed by atoms with Gasteiger partial charge in [-0.1, -0.05) is 62.9 Å². The number of carbonyl (C=O) groups excluding carboxylic acids is 2. The Hall–Kier alpha value is -2.88. The number of anilines is 2. The van der Waals surface area contributed by atoms with Gasteiger partial charge < -0.3 is 10.6 Å². The van der Waals surface area contributed by atoms with E-state index in [1.807, 2.05) is 24.3 Å². The van der Waals surface area contributed by atoms with Crippen LogP contribution in [-0.4, -0.2) is 11.8 Å². The predicted molar refractivity (Wildman–Crippen MR) is 134 cm³/mol. The van der Waals surface area contributed by atoms with Gasteiger partial charge in [-0.3, -0.25) is 9.59 Å². The summed E-state index contributed by atoms with van der Waals surface area (Å²) in [6.07, 6.45) is 7.03. The minimum atomic E-state index is -0.0483. The lowest BCUT2D eigenvalue weighted by Gasteiger charge is -2.44. The van der Waals surface area contributed by atoms with Gasteiger partial charge in [0.1, 0.15) is 0 Å². The number of unbranched alkanes of at least 4 members (excludes halogenated alkanes) is 2. The molecular weight excluding hydrogens is 396 g/mol. The summed E-state index contributed by atoms with van der Waals surface area (Å²) >= 11 is 0. The van der Waals surface area contributed by atoms with Crippen LogP contribution < -0.4 is 10.6 Å². The van der Waals surface area contributed by atoms with Crippen LogP contribution in [0.5, 0.6) is 0 Å². The van der Waals surface area contributed by atoms with Crippen LogP contribution in [0.15, 0.2) is 54.1 Å². The molecule has 0 heterocycles. The molecular formula is C28H36N2O2. The summed E-state index contributed by atoms with van der Waals surface area (Å²) in [5.74, 6) is 0.841. The summed E-state index contributed by atoms with van der Waals surface area (Å²) in [5.41, 5.74) is 7.34. The predicted octanol–water partition coefficient (Wildman–Crippen LogP) is 7.15. The van der Waals surface area contributed by atoms with E-state index in [9.17, 15) is 9.59 Å². The summed E-state index contributed by atoms with van der Waals surface area (Å²) in [6.45, 7) is 7.57. The molecule has 0 saturated heterocycles. The van der Waals surface area contributed by atoms with Gasteiger partial charge >= 0.3 is 0 Å². The van der Waals surface area contributed by atoms with Gasteiger partial charge in [-0.15, -0.1) is 0 Å². The van der Waals surface area contributed by atoms with Crippen LogP contribution >= 0.6 is 0 Å². The molecule has 1 aliphatic rings. The third-order valence-corrected chi connectivity index (χ3v) is 6.27. The van der Waals surface area contributed by atoms with E-state index in [0.717, 1.165) is 17.8 Å². The fourth-order valence-electron chi connectivity index (χ4n) is 4.86. The molecule has 0 bridgehead atoms. The maximum Gasteiger partial charge on any atom is 0.221 e. The smallest absolute Gasteiger partial charge is 0.221 e.